The van der Waals surface area contributed by atoms with Crippen molar-refractivity contribution in [3.63, 3.8) is 0 Å². The summed E-state index contributed by atoms with van der Waals surface area (Å²) in [4.78, 5) is 39.4. The van der Waals surface area contributed by atoms with E-state index in [1.807, 2.05) is 29.8 Å². The Morgan fingerprint density at radius 3 is 2.41 bits per heavy atom. The van der Waals surface area contributed by atoms with Crippen LogP contribution in [0.1, 0.15) is 38.5 Å². The lowest BCUT2D eigenvalue weighted by Gasteiger charge is -2.29. The highest BCUT2D eigenvalue weighted by Gasteiger charge is 2.40. The van der Waals surface area contributed by atoms with Gasteiger partial charge in [0, 0.05) is 61.0 Å². The van der Waals surface area contributed by atoms with Gasteiger partial charge in [0.2, 0.25) is 5.91 Å². The van der Waals surface area contributed by atoms with E-state index in [4.69, 9.17) is 19.4 Å². The van der Waals surface area contributed by atoms with Gasteiger partial charge in [-0.3, -0.25) is 14.5 Å². The average molecular weight is 577 g/mol. The van der Waals surface area contributed by atoms with E-state index in [9.17, 15) is 14.7 Å². The highest BCUT2D eigenvalue weighted by molar-refractivity contribution is 7.14. The third-order valence-electron chi connectivity index (χ3n) is 8.17. The third kappa shape index (κ3) is 6.60. The zero-order valence-electron chi connectivity index (χ0n) is 23.1. The fourth-order valence-electron chi connectivity index (χ4n) is 5.81. The van der Waals surface area contributed by atoms with Crippen LogP contribution < -0.4 is 9.80 Å². The summed E-state index contributed by atoms with van der Waals surface area (Å²) in [6.07, 6.45) is 5.88. The number of hydrogen-bond acceptors (Lipinski definition) is 8. The molecule has 3 aliphatic rings. The standard InChI is InChI=1S/C31H36N4O5S/c36-29(37)18-23(17-21-9-13-39-14-10-21)30(38)35(24-6-7-24)31-33-27(20-41-31)26-4-2-1-3-25(26)22-5-8-28(32-19-22)34-11-15-40-16-12-34/h1-5,8,19-21,23-24H,6-7,9-18H2,(H,36,37)/t23-/m1/s1. The highest BCUT2D eigenvalue weighted by Crippen LogP contribution is 2.40. The maximum atomic E-state index is 13.9. The van der Waals surface area contributed by atoms with Gasteiger partial charge in [0.1, 0.15) is 5.82 Å². The van der Waals surface area contributed by atoms with Crippen LogP contribution in [0.3, 0.4) is 0 Å². The molecule has 0 unspecified atom stereocenters. The van der Waals surface area contributed by atoms with Crippen molar-refractivity contribution in [1.29, 1.82) is 0 Å². The molecule has 216 valence electrons. The summed E-state index contributed by atoms with van der Waals surface area (Å²) in [6, 6.07) is 12.4. The zero-order chi connectivity index (χ0) is 28.2. The summed E-state index contributed by atoms with van der Waals surface area (Å²) < 4.78 is 10.9. The Morgan fingerprint density at radius 1 is 1.00 bits per heavy atom. The second kappa shape index (κ2) is 12.7. The third-order valence-corrected chi connectivity index (χ3v) is 9.01. The molecule has 2 aromatic heterocycles. The van der Waals surface area contributed by atoms with Crippen molar-refractivity contribution in [3.05, 3.63) is 48.0 Å². The van der Waals surface area contributed by atoms with Crippen LogP contribution in [-0.4, -0.2) is 72.5 Å². The first-order valence-corrected chi connectivity index (χ1v) is 15.4. The number of amides is 1. The van der Waals surface area contributed by atoms with Crippen molar-refractivity contribution in [1.82, 2.24) is 9.97 Å². The number of carboxylic acids is 1. The van der Waals surface area contributed by atoms with Gasteiger partial charge in [-0.1, -0.05) is 24.3 Å². The molecule has 1 saturated carbocycles. The van der Waals surface area contributed by atoms with E-state index in [2.05, 4.69) is 23.1 Å². The number of anilines is 2. The Labute approximate surface area is 244 Å². The molecule has 1 aliphatic carbocycles. The first-order chi connectivity index (χ1) is 20.1. The number of benzene rings is 1. The lowest BCUT2D eigenvalue weighted by atomic mass is 9.86. The number of hydrogen-bond donors (Lipinski definition) is 1. The van der Waals surface area contributed by atoms with Crippen LogP contribution in [0.4, 0.5) is 10.9 Å². The number of carbonyl (C=O) groups is 2. The van der Waals surface area contributed by atoms with E-state index in [1.54, 1.807) is 4.90 Å². The first kappa shape index (κ1) is 27.8. The van der Waals surface area contributed by atoms with E-state index in [-0.39, 0.29) is 18.4 Å². The Bertz CT molecular complexity index is 1350. The number of aliphatic carboxylic acids is 1. The summed E-state index contributed by atoms with van der Waals surface area (Å²) in [7, 11) is 0. The van der Waals surface area contributed by atoms with E-state index < -0.39 is 11.9 Å². The van der Waals surface area contributed by atoms with Crippen LogP contribution in [0.25, 0.3) is 22.4 Å². The molecule has 2 aliphatic heterocycles. The van der Waals surface area contributed by atoms with Gasteiger partial charge in [0.25, 0.3) is 0 Å². The number of rotatable bonds is 10. The van der Waals surface area contributed by atoms with Crippen LogP contribution >= 0.6 is 11.3 Å². The Kier molecular flexibility index (Phi) is 8.59. The molecule has 1 N–H and O–H groups in total. The lowest BCUT2D eigenvalue weighted by Crippen LogP contribution is -2.40. The van der Waals surface area contributed by atoms with Gasteiger partial charge in [0.05, 0.1) is 25.3 Å². The van der Waals surface area contributed by atoms with Crippen LogP contribution in [0.5, 0.6) is 0 Å². The normalized spacial score (nSPS) is 18.7. The summed E-state index contributed by atoms with van der Waals surface area (Å²) in [5, 5.41) is 12.3. The second-order valence-electron chi connectivity index (χ2n) is 11.1. The van der Waals surface area contributed by atoms with Crippen molar-refractivity contribution in [2.45, 2.75) is 44.6 Å². The number of pyridine rings is 1. The number of ether oxygens (including phenoxy) is 2. The van der Waals surface area contributed by atoms with Crippen molar-refractivity contribution in [2.75, 3.05) is 49.3 Å². The van der Waals surface area contributed by atoms with E-state index >= 15 is 0 Å². The summed E-state index contributed by atoms with van der Waals surface area (Å²) >= 11 is 1.45. The molecule has 0 radical (unpaired) electrons. The quantitative estimate of drug-likeness (QED) is 0.355. The molecule has 2 saturated heterocycles. The van der Waals surface area contributed by atoms with Crippen molar-refractivity contribution >= 4 is 34.2 Å². The van der Waals surface area contributed by atoms with Crippen LogP contribution in [0.15, 0.2) is 48.0 Å². The van der Waals surface area contributed by atoms with E-state index in [0.29, 0.717) is 43.9 Å². The predicted octanol–water partition coefficient (Wildman–Crippen LogP) is 5.11. The topological polar surface area (TPSA) is 105 Å². The fraction of sp³-hybridized carbons (Fsp3) is 0.484. The number of morpholine rings is 1. The van der Waals surface area contributed by atoms with Gasteiger partial charge in [0.15, 0.2) is 5.13 Å². The zero-order valence-corrected chi connectivity index (χ0v) is 23.9. The maximum absolute atomic E-state index is 13.9. The van der Waals surface area contributed by atoms with Crippen molar-refractivity contribution < 1.29 is 24.2 Å². The van der Waals surface area contributed by atoms with Gasteiger partial charge in [-0.25, -0.2) is 9.97 Å². The van der Waals surface area contributed by atoms with Gasteiger partial charge in [-0.2, -0.15) is 0 Å². The van der Waals surface area contributed by atoms with Crippen molar-refractivity contribution in [3.8, 4) is 22.4 Å². The minimum Gasteiger partial charge on any atom is -0.481 e. The smallest absolute Gasteiger partial charge is 0.304 e. The molecule has 0 spiro atoms. The van der Waals surface area contributed by atoms with Gasteiger partial charge >= 0.3 is 5.97 Å². The number of carbonyl (C=O) groups excluding carboxylic acids is 1. The number of carboxylic acid groups (broad SMARTS) is 1. The molecule has 3 fully saturated rings. The van der Waals surface area contributed by atoms with Crippen molar-refractivity contribution in [2.24, 2.45) is 11.8 Å². The Balaban J connectivity index is 1.24. The fourth-order valence-corrected chi connectivity index (χ4v) is 6.71. The molecular formula is C31H36N4O5S. The molecule has 6 rings (SSSR count). The molecule has 4 heterocycles. The largest absolute Gasteiger partial charge is 0.481 e. The average Bonchev–Trinajstić information content (AvgIpc) is 3.73. The van der Waals surface area contributed by atoms with Crippen LogP contribution in [-0.2, 0) is 19.1 Å². The molecule has 9 nitrogen and oxygen atoms in total. The second-order valence-corrected chi connectivity index (χ2v) is 11.9. The highest BCUT2D eigenvalue weighted by atomic mass is 32.1. The monoisotopic (exact) mass is 576 g/mol. The SMILES string of the molecule is O=C(O)C[C@@H](CC1CCOCC1)C(=O)N(c1nc(-c2ccccc2-c2ccc(N3CCOCC3)nc2)cs1)C1CC1. The van der Waals surface area contributed by atoms with E-state index in [0.717, 1.165) is 67.0 Å². The maximum Gasteiger partial charge on any atom is 0.304 e. The first-order valence-electron chi connectivity index (χ1n) is 14.5. The van der Waals surface area contributed by atoms with Gasteiger partial charge in [-0.05, 0) is 55.7 Å². The molecule has 0 bridgehead atoms. The van der Waals surface area contributed by atoms with Gasteiger partial charge in [-0.15, -0.1) is 11.3 Å². The minimum absolute atomic E-state index is 0.0830. The minimum atomic E-state index is -0.937. The predicted molar refractivity (Wildman–Crippen MR) is 158 cm³/mol. The number of thiazole rings is 1. The Hall–Kier alpha value is -3.34. The van der Waals surface area contributed by atoms with Crippen LogP contribution in [0.2, 0.25) is 0 Å². The number of aromatic nitrogens is 2. The molecule has 3 aromatic rings. The molecule has 1 amide bonds. The Morgan fingerprint density at radius 2 is 1.73 bits per heavy atom. The molecule has 1 aromatic carbocycles. The molecule has 10 heteroatoms. The summed E-state index contributed by atoms with van der Waals surface area (Å²) in [6.45, 7) is 4.44. The summed E-state index contributed by atoms with van der Waals surface area (Å²) in [5.74, 6) is -0.362. The number of nitrogens with zero attached hydrogens (tertiary/aromatic N) is 4. The van der Waals surface area contributed by atoms with Gasteiger partial charge < -0.3 is 19.5 Å². The molecule has 1 atom stereocenters. The molecular weight excluding hydrogens is 540 g/mol. The summed E-state index contributed by atoms with van der Waals surface area (Å²) in [5.41, 5.74) is 3.80. The van der Waals surface area contributed by atoms with Crippen LogP contribution in [0, 0.1) is 11.8 Å². The van der Waals surface area contributed by atoms with E-state index in [1.165, 1.54) is 11.3 Å². The molecule has 41 heavy (non-hydrogen) atoms. The lowest BCUT2D eigenvalue weighted by molar-refractivity contribution is -0.141.